The summed E-state index contributed by atoms with van der Waals surface area (Å²) in [7, 11) is 0. The van der Waals surface area contributed by atoms with E-state index in [0.29, 0.717) is 5.92 Å². The van der Waals surface area contributed by atoms with Gasteiger partial charge in [0.25, 0.3) is 0 Å². The molecule has 2 nitrogen and oxygen atoms in total. The minimum Gasteiger partial charge on any atom is -0.270 e. The average Bonchev–Trinajstić information content (AvgIpc) is 2.51. The third-order valence-electron chi connectivity index (χ3n) is 1.93. The molecule has 0 aliphatic heterocycles. The fraction of sp³-hybridized carbons (Fsp3) is 0.667. The van der Waals surface area contributed by atoms with Gasteiger partial charge in [-0.1, -0.05) is 6.92 Å². The van der Waals surface area contributed by atoms with Crippen molar-refractivity contribution in [2.24, 2.45) is 5.92 Å². The van der Waals surface area contributed by atoms with Gasteiger partial charge in [-0.15, -0.1) is 11.6 Å². The van der Waals surface area contributed by atoms with Crippen molar-refractivity contribution >= 4 is 11.6 Å². The molecule has 0 saturated carbocycles. The molecular weight excluding hydrogens is 172 g/mol. The first kappa shape index (κ1) is 9.59. The van der Waals surface area contributed by atoms with E-state index in [1.807, 2.05) is 10.9 Å². The van der Waals surface area contributed by atoms with Gasteiger partial charge in [0.2, 0.25) is 0 Å². The minimum absolute atomic E-state index is 0.536. The first-order chi connectivity index (χ1) is 5.77. The summed E-state index contributed by atoms with van der Waals surface area (Å²) in [6.45, 7) is 5.19. The van der Waals surface area contributed by atoms with Crippen LogP contribution in [0, 0.1) is 5.92 Å². The number of hydrogen-bond acceptors (Lipinski definition) is 1. The molecule has 12 heavy (non-hydrogen) atoms. The van der Waals surface area contributed by atoms with Crippen LogP contribution in [0.25, 0.3) is 0 Å². The van der Waals surface area contributed by atoms with E-state index in [-0.39, 0.29) is 0 Å². The summed E-state index contributed by atoms with van der Waals surface area (Å²) in [6, 6.07) is 2.06. The number of rotatable bonds is 4. The maximum absolute atomic E-state index is 5.73. The van der Waals surface area contributed by atoms with Gasteiger partial charge >= 0.3 is 0 Å². The Morgan fingerprint density at radius 3 is 3.00 bits per heavy atom. The van der Waals surface area contributed by atoms with Crippen molar-refractivity contribution < 1.29 is 0 Å². The van der Waals surface area contributed by atoms with Crippen LogP contribution in [0.15, 0.2) is 12.3 Å². The Morgan fingerprint density at radius 2 is 2.42 bits per heavy atom. The Labute approximate surface area is 78.5 Å². The van der Waals surface area contributed by atoms with Gasteiger partial charge in [-0.05, 0) is 25.3 Å². The molecule has 1 heterocycles. The maximum atomic E-state index is 5.73. The largest absolute Gasteiger partial charge is 0.270 e. The van der Waals surface area contributed by atoms with Crippen LogP contribution in [0.1, 0.15) is 19.5 Å². The monoisotopic (exact) mass is 186 g/mol. The van der Waals surface area contributed by atoms with Crippen molar-refractivity contribution in [2.75, 3.05) is 5.88 Å². The summed E-state index contributed by atoms with van der Waals surface area (Å²) in [5, 5.41) is 4.20. The van der Waals surface area contributed by atoms with Crippen LogP contribution in [0.3, 0.4) is 0 Å². The van der Waals surface area contributed by atoms with Gasteiger partial charge in [-0.3, -0.25) is 4.68 Å². The lowest BCUT2D eigenvalue weighted by molar-refractivity contribution is 0.566. The fourth-order valence-corrected chi connectivity index (χ4v) is 1.34. The zero-order valence-corrected chi connectivity index (χ0v) is 8.38. The number of aryl methyl sites for hydroxylation is 1. The van der Waals surface area contributed by atoms with Gasteiger partial charge in [-0.2, -0.15) is 5.10 Å². The van der Waals surface area contributed by atoms with Crippen molar-refractivity contribution in [1.29, 1.82) is 0 Å². The molecule has 0 saturated heterocycles. The molecule has 1 aromatic rings. The van der Waals surface area contributed by atoms with Gasteiger partial charge in [0.05, 0.1) is 0 Å². The van der Waals surface area contributed by atoms with E-state index in [0.717, 1.165) is 18.8 Å². The Morgan fingerprint density at radius 1 is 1.67 bits per heavy atom. The van der Waals surface area contributed by atoms with E-state index in [4.69, 9.17) is 11.6 Å². The molecule has 0 radical (unpaired) electrons. The number of nitrogens with zero attached hydrogens (tertiary/aromatic N) is 2. The van der Waals surface area contributed by atoms with E-state index in [2.05, 4.69) is 25.0 Å². The summed E-state index contributed by atoms with van der Waals surface area (Å²) in [6.07, 6.45) is 2.87. The highest BCUT2D eigenvalue weighted by atomic mass is 35.5. The second-order valence-electron chi connectivity index (χ2n) is 3.10. The molecule has 1 aromatic heterocycles. The van der Waals surface area contributed by atoms with Crippen LogP contribution in [0.5, 0.6) is 0 Å². The van der Waals surface area contributed by atoms with E-state index in [1.54, 1.807) is 0 Å². The van der Waals surface area contributed by atoms with E-state index >= 15 is 0 Å². The molecule has 0 aliphatic rings. The lowest BCUT2D eigenvalue weighted by Crippen LogP contribution is -2.08. The summed E-state index contributed by atoms with van der Waals surface area (Å²) >= 11 is 5.73. The maximum Gasteiger partial charge on any atom is 0.0492 e. The van der Waals surface area contributed by atoms with Crippen molar-refractivity contribution in [3.8, 4) is 0 Å². The van der Waals surface area contributed by atoms with E-state index in [9.17, 15) is 0 Å². The van der Waals surface area contributed by atoms with Gasteiger partial charge in [0.15, 0.2) is 0 Å². The minimum atomic E-state index is 0.536. The number of alkyl halides is 1. The van der Waals surface area contributed by atoms with Crippen molar-refractivity contribution in [2.45, 2.75) is 26.8 Å². The Bertz CT molecular complexity index is 232. The summed E-state index contributed by atoms with van der Waals surface area (Å²) in [4.78, 5) is 0. The highest BCUT2D eigenvalue weighted by Crippen LogP contribution is 2.09. The standard InChI is InChI=1S/C9H15ClN2/c1-3-12-9(4-5-11-12)6-8(2)7-10/h4-5,8H,3,6-7H2,1-2H3. The molecule has 0 spiro atoms. The predicted molar refractivity (Wildman–Crippen MR) is 51.5 cm³/mol. The summed E-state index contributed by atoms with van der Waals surface area (Å²) in [5.41, 5.74) is 1.28. The number of aromatic nitrogens is 2. The third-order valence-corrected chi connectivity index (χ3v) is 2.45. The normalized spacial score (nSPS) is 13.2. The van der Waals surface area contributed by atoms with Crippen LogP contribution in [-0.2, 0) is 13.0 Å². The summed E-state index contributed by atoms with van der Waals surface area (Å²) in [5.74, 6) is 1.25. The van der Waals surface area contributed by atoms with Crippen LogP contribution < -0.4 is 0 Å². The molecule has 0 amide bonds. The SMILES string of the molecule is CCn1nccc1CC(C)CCl. The Kier molecular flexibility index (Phi) is 3.60. The lowest BCUT2D eigenvalue weighted by atomic mass is 10.1. The van der Waals surface area contributed by atoms with Crippen molar-refractivity contribution in [3.63, 3.8) is 0 Å². The Hall–Kier alpha value is -0.500. The molecule has 68 valence electrons. The van der Waals surface area contributed by atoms with Crippen LogP contribution >= 0.6 is 11.6 Å². The average molecular weight is 187 g/mol. The first-order valence-corrected chi connectivity index (χ1v) is 4.88. The number of hydrogen-bond donors (Lipinski definition) is 0. The Balaban J connectivity index is 2.61. The van der Waals surface area contributed by atoms with Crippen molar-refractivity contribution in [3.05, 3.63) is 18.0 Å². The molecule has 0 N–H and O–H groups in total. The molecular formula is C9H15ClN2. The molecule has 0 fully saturated rings. The molecule has 1 unspecified atom stereocenters. The topological polar surface area (TPSA) is 17.8 Å². The summed E-state index contributed by atoms with van der Waals surface area (Å²) < 4.78 is 2.02. The molecule has 0 aliphatic carbocycles. The first-order valence-electron chi connectivity index (χ1n) is 4.34. The lowest BCUT2D eigenvalue weighted by Gasteiger charge is -2.08. The van der Waals surface area contributed by atoms with E-state index in [1.165, 1.54) is 5.69 Å². The number of halogens is 1. The van der Waals surface area contributed by atoms with Gasteiger partial charge in [0, 0.05) is 24.3 Å². The molecule has 0 bridgehead atoms. The predicted octanol–water partition coefficient (Wildman–Crippen LogP) is 2.32. The van der Waals surface area contributed by atoms with Gasteiger partial charge < -0.3 is 0 Å². The zero-order valence-electron chi connectivity index (χ0n) is 7.63. The van der Waals surface area contributed by atoms with Crippen LogP contribution in [0.4, 0.5) is 0 Å². The quantitative estimate of drug-likeness (QED) is 0.660. The third kappa shape index (κ3) is 2.24. The molecule has 1 atom stereocenters. The van der Waals surface area contributed by atoms with Gasteiger partial charge in [0.1, 0.15) is 0 Å². The molecule has 1 rings (SSSR count). The zero-order chi connectivity index (χ0) is 8.97. The highest BCUT2D eigenvalue weighted by molar-refractivity contribution is 6.18. The second-order valence-corrected chi connectivity index (χ2v) is 3.41. The smallest absolute Gasteiger partial charge is 0.0492 e. The van der Waals surface area contributed by atoms with Crippen molar-refractivity contribution in [1.82, 2.24) is 9.78 Å². The van der Waals surface area contributed by atoms with Gasteiger partial charge in [-0.25, -0.2) is 0 Å². The van der Waals surface area contributed by atoms with Crippen LogP contribution in [0.2, 0.25) is 0 Å². The van der Waals surface area contributed by atoms with E-state index < -0.39 is 0 Å². The molecule has 0 aromatic carbocycles. The highest BCUT2D eigenvalue weighted by Gasteiger charge is 2.05. The molecule has 3 heteroatoms. The second kappa shape index (κ2) is 4.51. The fourth-order valence-electron chi connectivity index (χ4n) is 1.23. The van der Waals surface area contributed by atoms with Crippen LogP contribution in [-0.4, -0.2) is 15.7 Å².